The van der Waals surface area contributed by atoms with Crippen LogP contribution >= 0.6 is 0 Å². The fourth-order valence-electron chi connectivity index (χ4n) is 3.38. The third-order valence-electron chi connectivity index (χ3n) is 4.85. The molecule has 0 fully saturated rings. The van der Waals surface area contributed by atoms with E-state index in [9.17, 15) is 19.5 Å². The van der Waals surface area contributed by atoms with Gasteiger partial charge in [-0.3, -0.25) is 19.7 Å². The summed E-state index contributed by atoms with van der Waals surface area (Å²) in [5.41, 5.74) is 0.758. The van der Waals surface area contributed by atoms with Crippen LogP contribution in [0.15, 0.2) is 60.7 Å². The van der Waals surface area contributed by atoms with Crippen LogP contribution < -0.4 is 5.32 Å². The monoisotopic (exact) mass is 471 g/mol. The molecule has 0 aliphatic carbocycles. The minimum absolute atomic E-state index is 0.0634. The molecule has 2 rings (SSSR count). The Hall–Kier alpha value is -3.23. The Kier molecular flexibility index (Phi) is 10.2. The largest absolute Gasteiger partial charge is 0.481 e. The van der Waals surface area contributed by atoms with Gasteiger partial charge in [-0.1, -0.05) is 60.7 Å². The van der Waals surface area contributed by atoms with Crippen LogP contribution in [0.1, 0.15) is 31.9 Å². The van der Waals surface area contributed by atoms with Gasteiger partial charge in [0.1, 0.15) is 18.2 Å². The van der Waals surface area contributed by atoms with Crippen LogP contribution in [-0.2, 0) is 41.6 Å². The molecule has 2 N–H and O–H groups in total. The smallest absolute Gasteiger partial charge is 0.325 e. The molecule has 3 atom stereocenters. The van der Waals surface area contributed by atoms with Crippen molar-refractivity contribution in [1.29, 1.82) is 0 Å². The number of nitrogens with one attached hydrogen (secondary N) is 1. The highest BCUT2D eigenvalue weighted by Gasteiger charge is 2.44. The fourth-order valence-corrected chi connectivity index (χ4v) is 3.38. The van der Waals surface area contributed by atoms with Crippen molar-refractivity contribution in [2.75, 3.05) is 13.7 Å². The Labute approximate surface area is 200 Å². The average molecular weight is 472 g/mol. The van der Waals surface area contributed by atoms with Gasteiger partial charge in [0.25, 0.3) is 0 Å². The Morgan fingerprint density at radius 1 is 0.912 bits per heavy atom. The topological polar surface area (TPSA) is 111 Å². The van der Waals surface area contributed by atoms with Crippen molar-refractivity contribution in [2.45, 2.75) is 51.5 Å². The SMILES string of the molecule is COC[C@H](Cc1ccccc1)NC(C(=O)OCc1ccccc1)[C@H](C(=O)O)C(=O)OC(C)(C)C. The van der Waals surface area contributed by atoms with Crippen LogP contribution in [0.5, 0.6) is 0 Å². The van der Waals surface area contributed by atoms with E-state index in [0.29, 0.717) is 6.42 Å². The van der Waals surface area contributed by atoms with Crippen LogP contribution in [0.25, 0.3) is 0 Å². The number of rotatable bonds is 12. The van der Waals surface area contributed by atoms with Gasteiger partial charge >= 0.3 is 17.9 Å². The zero-order valence-electron chi connectivity index (χ0n) is 20.0. The number of ether oxygens (including phenoxy) is 3. The van der Waals surface area contributed by atoms with Crippen molar-refractivity contribution in [3.8, 4) is 0 Å². The van der Waals surface area contributed by atoms with E-state index in [-0.39, 0.29) is 13.2 Å². The Morgan fingerprint density at radius 3 is 1.97 bits per heavy atom. The van der Waals surface area contributed by atoms with Gasteiger partial charge in [-0.2, -0.15) is 0 Å². The predicted octanol–water partition coefficient (Wildman–Crippen LogP) is 2.99. The lowest BCUT2D eigenvalue weighted by molar-refractivity contribution is -0.173. The molecule has 0 aliphatic heterocycles. The summed E-state index contributed by atoms with van der Waals surface area (Å²) in [7, 11) is 1.50. The van der Waals surface area contributed by atoms with Gasteiger partial charge in [0.05, 0.1) is 6.61 Å². The molecule has 0 saturated carbocycles. The van der Waals surface area contributed by atoms with Crippen molar-refractivity contribution in [1.82, 2.24) is 5.32 Å². The molecule has 0 spiro atoms. The molecule has 0 amide bonds. The van der Waals surface area contributed by atoms with Crippen molar-refractivity contribution >= 4 is 17.9 Å². The first-order valence-corrected chi connectivity index (χ1v) is 11.1. The Morgan fingerprint density at radius 2 is 1.47 bits per heavy atom. The average Bonchev–Trinajstić information content (AvgIpc) is 2.77. The lowest BCUT2D eigenvalue weighted by atomic mass is 9.97. The molecule has 2 aromatic rings. The predicted molar refractivity (Wildman–Crippen MR) is 126 cm³/mol. The zero-order valence-corrected chi connectivity index (χ0v) is 20.0. The number of hydrogen-bond acceptors (Lipinski definition) is 7. The molecular weight excluding hydrogens is 438 g/mol. The number of carbonyl (C=O) groups is 3. The lowest BCUT2D eigenvalue weighted by Crippen LogP contribution is -2.55. The molecule has 0 aliphatic rings. The summed E-state index contributed by atoms with van der Waals surface area (Å²) >= 11 is 0. The molecule has 1 unspecified atom stereocenters. The number of esters is 2. The number of carboxylic acid groups (broad SMARTS) is 1. The molecular formula is C26H33NO7. The lowest BCUT2D eigenvalue weighted by Gasteiger charge is -2.29. The summed E-state index contributed by atoms with van der Waals surface area (Å²) < 4.78 is 16.0. The van der Waals surface area contributed by atoms with Crippen LogP contribution in [0.3, 0.4) is 0 Å². The maximum atomic E-state index is 13.1. The minimum atomic E-state index is -1.81. The second kappa shape index (κ2) is 12.9. The first-order valence-electron chi connectivity index (χ1n) is 11.1. The van der Waals surface area contributed by atoms with Gasteiger partial charge in [-0.25, -0.2) is 0 Å². The number of aliphatic carboxylic acids is 1. The summed E-state index contributed by atoms with van der Waals surface area (Å²) in [6.07, 6.45) is 0.442. The van der Waals surface area contributed by atoms with E-state index in [1.807, 2.05) is 36.4 Å². The summed E-state index contributed by atoms with van der Waals surface area (Å²) in [6.45, 7) is 5.00. The van der Waals surface area contributed by atoms with Crippen molar-refractivity contribution in [2.24, 2.45) is 5.92 Å². The first-order chi connectivity index (χ1) is 16.1. The first kappa shape index (κ1) is 27.0. The normalized spacial score (nSPS) is 14.0. The van der Waals surface area contributed by atoms with Crippen LogP contribution in [0.4, 0.5) is 0 Å². The van der Waals surface area contributed by atoms with E-state index >= 15 is 0 Å². The number of carboxylic acids is 1. The van der Waals surface area contributed by atoms with E-state index in [1.54, 1.807) is 45.0 Å². The highest BCUT2D eigenvalue weighted by molar-refractivity contribution is 6.00. The third kappa shape index (κ3) is 8.96. The summed E-state index contributed by atoms with van der Waals surface area (Å²) in [5.74, 6) is -5.18. The zero-order chi connectivity index (χ0) is 25.1. The number of hydrogen-bond donors (Lipinski definition) is 2. The molecule has 34 heavy (non-hydrogen) atoms. The van der Waals surface area contributed by atoms with Crippen molar-refractivity contribution in [3.63, 3.8) is 0 Å². The quantitative estimate of drug-likeness (QED) is 0.359. The van der Waals surface area contributed by atoms with E-state index in [4.69, 9.17) is 14.2 Å². The Bertz CT molecular complexity index is 925. The van der Waals surface area contributed by atoms with E-state index < -0.39 is 41.5 Å². The molecule has 0 bridgehead atoms. The van der Waals surface area contributed by atoms with Crippen LogP contribution in [0, 0.1) is 5.92 Å². The van der Waals surface area contributed by atoms with Gasteiger partial charge < -0.3 is 19.3 Å². The minimum Gasteiger partial charge on any atom is -0.481 e. The van der Waals surface area contributed by atoms with Gasteiger partial charge in [-0.15, -0.1) is 0 Å². The Balaban J connectivity index is 2.31. The molecule has 2 aromatic carbocycles. The van der Waals surface area contributed by atoms with Gasteiger partial charge in [0, 0.05) is 13.2 Å². The molecule has 8 nitrogen and oxygen atoms in total. The van der Waals surface area contributed by atoms with Crippen LogP contribution in [-0.4, -0.2) is 54.4 Å². The number of carbonyl (C=O) groups excluding carboxylic acids is 2. The van der Waals surface area contributed by atoms with Crippen LogP contribution in [0.2, 0.25) is 0 Å². The molecule has 8 heteroatoms. The summed E-state index contributed by atoms with van der Waals surface area (Å²) in [4.78, 5) is 38.1. The molecule has 0 aromatic heterocycles. The van der Waals surface area contributed by atoms with Gasteiger partial charge in [0.2, 0.25) is 0 Å². The third-order valence-corrected chi connectivity index (χ3v) is 4.85. The van der Waals surface area contributed by atoms with E-state index in [0.717, 1.165) is 11.1 Å². The maximum absolute atomic E-state index is 13.1. The highest BCUT2D eigenvalue weighted by Crippen LogP contribution is 2.18. The number of methoxy groups -OCH3 is 1. The molecule has 0 heterocycles. The van der Waals surface area contributed by atoms with E-state index in [2.05, 4.69) is 5.32 Å². The summed E-state index contributed by atoms with van der Waals surface area (Å²) in [5, 5.41) is 12.9. The molecule has 0 radical (unpaired) electrons. The second-order valence-electron chi connectivity index (χ2n) is 8.93. The van der Waals surface area contributed by atoms with Crippen molar-refractivity contribution < 1.29 is 33.7 Å². The van der Waals surface area contributed by atoms with E-state index in [1.165, 1.54) is 7.11 Å². The van der Waals surface area contributed by atoms with Gasteiger partial charge in [0.15, 0.2) is 5.92 Å². The highest BCUT2D eigenvalue weighted by atomic mass is 16.6. The molecule has 184 valence electrons. The standard InChI is InChI=1S/C26H33NO7/c1-26(2,3)34-24(30)21(23(28)29)22(25(31)33-16-19-13-9-6-10-14-19)27-20(17-32-4)15-18-11-7-5-8-12-18/h5-14,20-22,27H,15-17H2,1-4H3,(H,28,29)/t20-,21+,22?/m0/s1. The fraction of sp³-hybridized carbons (Fsp3) is 0.423. The molecule has 0 saturated heterocycles. The maximum Gasteiger partial charge on any atom is 0.325 e. The van der Waals surface area contributed by atoms with Gasteiger partial charge in [-0.05, 0) is 38.3 Å². The second-order valence-corrected chi connectivity index (χ2v) is 8.93. The van der Waals surface area contributed by atoms with Crippen molar-refractivity contribution in [3.05, 3.63) is 71.8 Å². The number of benzene rings is 2. The summed E-state index contributed by atoms with van der Waals surface area (Å²) in [6, 6.07) is 16.5.